The molecule has 4 aromatic carbocycles. The van der Waals surface area contributed by atoms with Crippen LogP contribution in [0.5, 0.6) is 0 Å². The molecule has 0 nitrogen and oxygen atoms in total. The summed E-state index contributed by atoms with van der Waals surface area (Å²) in [5.74, 6) is 2.53. The highest BCUT2D eigenvalue weighted by Gasteiger charge is 2.38. The van der Waals surface area contributed by atoms with E-state index in [9.17, 15) is 0 Å². The summed E-state index contributed by atoms with van der Waals surface area (Å²) in [6, 6.07) is 35.5. The summed E-state index contributed by atoms with van der Waals surface area (Å²) in [7, 11) is 0. The molecule has 146 valence electrons. The fourth-order valence-electron chi connectivity index (χ4n) is 3.79. The average Bonchev–Trinajstić information content (AvgIpc) is 2.75. The molecule has 0 aliphatic carbocycles. The lowest BCUT2D eigenvalue weighted by Gasteiger charge is -2.20. The van der Waals surface area contributed by atoms with E-state index in [0.717, 1.165) is 0 Å². The molecule has 0 aliphatic heterocycles. The predicted molar refractivity (Wildman–Crippen MR) is 128 cm³/mol. The van der Waals surface area contributed by atoms with Gasteiger partial charge < -0.3 is 0 Å². The molecule has 30 heavy (non-hydrogen) atoms. The molecule has 0 saturated heterocycles. The first-order valence-corrected chi connectivity index (χ1v) is 10.5. The maximum atomic E-state index is 2.24. The number of hydrogen-bond acceptors (Lipinski definition) is 0. The molecule has 0 heteroatoms. The van der Waals surface area contributed by atoms with Gasteiger partial charge in [-0.2, -0.15) is 0 Å². The Balaban J connectivity index is 1.93. The lowest BCUT2D eigenvalue weighted by Crippen LogP contribution is -2.16. The van der Waals surface area contributed by atoms with Crippen LogP contribution in [0.15, 0.2) is 97.1 Å². The van der Waals surface area contributed by atoms with Crippen molar-refractivity contribution in [1.29, 1.82) is 0 Å². The fourth-order valence-corrected chi connectivity index (χ4v) is 3.79. The van der Waals surface area contributed by atoms with Gasteiger partial charge in [-0.15, -0.1) is 0 Å². The van der Waals surface area contributed by atoms with Crippen molar-refractivity contribution in [2.45, 2.75) is 27.7 Å². The molecule has 4 rings (SSSR count). The van der Waals surface area contributed by atoms with Crippen molar-refractivity contribution in [2.75, 3.05) is 0 Å². The van der Waals surface area contributed by atoms with Gasteiger partial charge in [-0.3, -0.25) is 0 Å². The van der Waals surface area contributed by atoms with Crippen molar-refractivity contribution in [2.24, 2.45) is 0 Å². The molecule has 0 radical (unpaired) electrons. The third kappa shape index (κ3) is 4.28. The van der Waals surface area contributed by atoms with Gasteiger partial charge in [0.25, 0.3) is 0 Å². The zero-order valence-corrected chi connectivity index (χ0v) is 18.2. The molecular formula is C30H28+2. The van der Waals surface area contributed by atoms with E-state index in [1.807, 2.05) is 0 Å². The highest BCUT2D eigenvalue weighted by atomic mass is 14.3. The molecule has 0 atom stereocenters. The van der Waals surface area contributed by atoms with Crippen LogP contribution in [-0.4, -0.2) is 0 Å². The summed E-state index contributed by atoms with van der Waals surface area (Å²) >= 11 is 0. The van der Waals surface area contributed by atoms with E-state index < -0.39 is 0 Å². The van der Waals surface area contributed by atoms with Crippen LogP contribution in [0.4, 0.5) is 0 Å². The lowest BCUT2D eigenvalue weighted by atomic mass is 9.73. The first-order valence-electron chi connectivity index (χ1n) is 10.5. The van der Waals surface area contributed by atoms with Gasteiger partial charge in [-0.1, -0.05) is 0 Å². The number of aryl methyl sites for hydroxylation is 4. The average molecular weight is 389 g/mol. The minimum absolute atomic E-state index is 1.24. The zero-order valence-electron chi connectivity index (χ0n) is 18.2. The Labute approximate surface area is 181 Å². The second-order valence-corrected chi connectivity index (χ2v) is 8.21. The zero-order chi connectivity index (χ0) is 21.1. The SMILES string of the molecule is Cc1ccc([C+](c2ccc(C)cc2)[C+](c2ccc(C)cc2)c2ccc(C)cc2)cc1. The Bertz CT molecular complexity index is 899. The van der Waals surface area contributed by atoms with E-state index >= 15 is 0 Å². The molecule has 0 heterocycles. The number of benzene rings is 4. The quantitative estimate of drug-likeness (QED) is 0.309. The summed E-state index contributed by atoms with van der Waals surface area (Å²) in [5, 5.41) is 0. The monoisotopic (exact) mass is 388 g/mol. The predicted octanol–water partition coefficient (Wildman–Crippen LogP) is 7.56. The highest BCUT2D eigenvalue weighted by molar-refractivity contribution is 5.66. The molecule has 0 spiro atoms. The summed E-state index contributed by atoms with van der Waals surface area (Å²) < 4.78 is 0. The minimum atomic E-state index is 1.24. The van der Waals surface area contributed by atoms with Crippen LogP contribution in [0.25, 0.3) is 0 Å². The van der Waals surface area contributed by atoms with Crippen molar-refractivity contribution in [1.82, 2.24) is 0 Å². The van der Waals surface area contributed by atoms with Crippen LogP contribution < -0.4 is 0 Å². The number of rotatable bonds is 5. The van der Waals surface area contributed by atoms with Gasteiger partial charge in [0.2, 0.25) is 0 Å². The molecule has 0 aromatic heterocycles. The van der Waals surface area contributed by atoms with Crippen LogP contribution in [0.1, 0.15) is 44.5 Å². The van der Waals surface area contributed by atoms with Gasteiger partial charge in [0, 0.05) is 48.5 Å². The highest BCUT2D eigenvalue weighted by Crippen LogP contribution is 2.41. The van der Waals surface area contributed by atoms with Crippen LogP contribution in [0, 0.1) is 39.5 Å². The summed E-state index contributed by atoms with van der Waals surface area (Å²) in [6.45, 7) is 8.56. The fraction of sp³-hybridized carbons (Fsp3) is 0.133. The van der Waals surface area contributed by atoms with E-state index in [-0.39, 0.29) is 0 Å². The molecule has 0 amide bonds. The van der Waals surface area contributed by atoms with Crippen LogP contribution in [0.2, 0.25) is 0 Å². The summed E-state index contributed by atoms with van der Waals surface area (Å²) in [5.41, 5.74) is 10.0. The Kier molecular flexibility index (Phi) is 5.68. The smallest absolute Gasteiger partial charge is 0.0384 e. The second-order valence-electron chi connectivity index (χ2n) is 8.21. The van der Waals surface area contributed by atoms with Crippen LogP contribution in [-0.2, 0) is 0 Å². The summed E-state index contributed by atoms with van der Waals surface area (Å²) in [4.78, 5) is 0. The van der Waals surface area contributed by atoms with Crippen molar-refractivity contribution in [3.8, 4) is 0 Å². The Morgan fingerprint density at radius 1 is 0.300 bits per heavy atom. The molecular weight excluding hydrogens is 360 g/mol. The van der Waals surface area contributed by atoms with Crippen LogP contribution in [0.3, 0.4) is 0 Å². The van der Waals surface area contributed by atoms with Gasteiger partial charge in [-0.05, 0) is 98.5 Å². The Morgan fingerprint density at radius 2 is 0.467 bits per heavy atom. The second kappa shape index (κ2) is 8.55. The molecule has 0 N–H and O–H groups in total. The van der Waals surface area contributed by atoms with Crippen molar-refractivity contribution in [3.63, 3.8) is 0 Å². The first-order chi connectivity index (χ1) is 14.5. The Hall–Kier alpha value is -3.38. The molecule has 0 bridgehead atoms. The largest absolute Gasteiger partial charge is 0.110 e. The van der Waals surface area contributed by atoms with Crippen molar-refractivity contribution < 1.29 is 0 Å². The van der Waals surface area contributed by atoms with E-state index in [2.05, 4.69) is 125 Å². The standard InChI is InChI=1S/C30H28/c1-21-5-13-25(14-6-21)29(26-15-7-22(2)8-16-26)30(27-17-9-23(3)10-18-27)28-19-11-24(4)12-20-28/h5-20H,1-4H3/q+2. The Morgan fingerprint density at radius 3 is 0.633 bits per heavy atom. The third-order valence-electron chi connectivity index (χ3n) is 5.61. The minimum Gasteiger partial charge on any atom is -0.0384 e. The van der Waals surface area contributed by atoms with E-state index in [0.29, 0.717) is 0 Å². The normalized spacial score (nSPS) is 10.7. The lowest BCUT2D eigenvalue weighted by molar-refractivity contribution is 1.07. The van der Waals surface area contributed by atoms with E-state index in [1.165, 1.54) is 56.3 Å². The van der Waals surface area contributed by atoms with Gasteiger partial charge in [0.15, 0.2) is 0 Å². The molecule has 0 aliphatic rings. The van der Waals surface area contributed by atoms with E-state index in [1.54, 1.807) is 0 Å². The van der Waals surface area contributed by atoms with Crippen LogP contribution >= 0.6 is 0 Å². The third-order valence-corrected chi connectivity index (χ3v) is 5.61. The summed E-state index contributed by atoms with van der Waals surface area (Å²) in [6.07, 6.45) is 0. The maximum absolute atomic E-state index is 2.24. The van der Waals surface area contributed by atoms with Gasteiger partial charge in [-0.25, -0.2) is 0 Å². The molecule has 0 saturated carbocycles. The topological polar surface area (TPSA) is 0 Å². The van der Waals surface area contributed by atoms with Crippen molar-refractivity contribution in [3.05, 3.63) is 153 Å². The van der Waals surface area contributed by atoms with E-state index in [4.69, 9.17) is 0 Å². The molecule has 4 aromatic rings. The maximum Gasteiger partial charge on any atom is 0.110 e. The van der Waals surface area contributed by atoms with Gasteiger partial charge >= 0.3 is 0 Å². The number of hydrogen-bond donors (Lipinski definition) is 0. The van der Waals surface area contributed by atoms with Gasteiger partial charge in [0.1, 0.15) is 11.8 Å². The van der Waals surface area contributed by atoms with Gasteiger partial charge in [0.05, 0.1) is 22.3 Å². The molecule has 0 unspecified atom stereocenters. The van der Waals surface area contributed by atoms with Crippen molar-refractivity contribution >= 4 is 0 Å². The molecule has 0 fully saturated rings. The first kappa shape index (κ1) is 19.9.